The second kappa shape index (κ2) is 7.37. The fourth-order valence-corrected chi connectivity index (χ4v) is 2.52. The van der Waals surface area contributed by atoms with Crippen LogP contribution >= 0.6 is 15.9 Å². The molecule has 0 amide bonds. The van der Waals surface area contributed by atoms with Crippen LogP contribution in [-0.2, 0) is 0 Å². The molecule has 0 saturated carbocycles. The van der Waals surface area contributed by atoms with Gasteiger partial charge in [0.2, 0.25) is 0 Å². The first-order valence-corrected chi connectivity index (χ1v) is 7.97. The Morgan fingerprint density at radius 1 is 1.30 bits per heavy atom. The van der Waals surface area contributed by atoms with Crippen molar-refractivity contribution in [1.29, 1.82) is 0 Å². The highest BCUT2D eigenvalue weighted by Gasteiger charge is 2.15. The number of hydrogen-bond acceptors (Lipinski definition) is 4. The number of nitrogens with zero attached hydrogens (tertiary/aromatic N) is 1. The van der Waals surface area contributed by atoms with Gasteiger partial charge < -0.3 is 4.74 Å². The number of ether oxygens (including phenoxy) is 1. The molecular weight excluding hydrogens is 362 g/mol. The molecule has 0 fully saturated rings. The Morgan fingerprint density at radius 3 is 2.65 bits per heavy atom. The summed E-state index contributed by atoms with van der Waals surface area (Å²) >= 11 is 3.40. The van der Waals surface area contributed by atoms with E-state index >= 15 is 0 Å². The highest BCUT2D eigenvalue weighted by Crippen LogP contribution is 2.30. The predicted molar refractivity (Wildman–Crippen MR) is 90.9 cm³/mol. The SMILES string of the molecule is CCC(C)c1ccc(OC(=O)c2cccc([N+](=O)[O-])c2)c(Br)c1. The van der Waals surface area contributed by atoms with Gasteiger partial charge in [0.05, 0.1) is 15.0 Å². The molecule has 6 heteroatoms. The molecule has 0 aliphatic carbocycles. The van der Waals surface area contributed by atoms with Gasteiger partial charge in [0.1, 0.15) is 5.75 Å². The molecule has 1 unspecified atom stereocenters. The molecule has 2 aromatic carbocycles. The average molecular weight is 378 g/mol. The van der Waals surface area contributed by atoms with Crippen LogP contribution in [0.3, 0.4) is 0 Å². The maximum absolute atomic E-state index is 12.2. The van der Waals surface area contributed by atoms with Gasteiger partial charge in [-0.25, -0.2) is 4.79 Å². The van der Waals surface area contributed by atoms with Gasteiger partial charge in [0.15, 0.2) is 0 Å². The molecule has 0 aromatic heterocycles. The van der Waals surface area contributed by atoms with E-state index in [-0.39, 0.29) is 11.3 Å². The minimum Gasteiger partial charge on any atom is -0.422 e. The van der Waals surface area contributed by atoms with E-state index < -0.39 is 10.9 Å². The minimum absolute atomic E-state index is 0.136. The van der Waals surface area contributed by atoms with E-state index in [4.69, 9.17) is 4.74 Å². The van der Waals surface area contributed by atoms with Crippen LogP contribution in [-0.4, -0.2) is 10.9 Å². The molecular formula is C17H16BrNO4. The largest absolute Gasteiger partial charge is 0.422 e. The topological polar surface area (TPSA) is 69.4 Å². The average Bonchev–Trinajstić information content (AvgIpc) is 2.55. The van der Waals surface area contributed by atoms with E-state index in [1.165, 1.54) is 24.3 Å². The van der Waals surface area contributed by atoms with E-state index in [0.717, 1.165) is 12.0 Å². The predicted octanol–water partition coefficient (Wildman–Crippen LogP) is 5.09. The van der Waals surface area contributed by atoms with Gasteiger partial charge in [-0.3, -0.25) is 10.1 Å². The van der Waals surface area contributed by atoms with Crippen LogP contribution in [0.2, 0.25) is 0 Å². The Balaban J connectivity index is 2.20. The van der Waals surface area contributed by atoms with Crippen molar-refractivity contribution < 1.29 is 14.5 Å². The monoisotopic (exact) mass is 377 g/mol. The molecule has 0 spiro atoms. The molecule has 23 heavy (non-hydrogen) atoms. The van der Waals surface area contributed by atoms with Crippen molar-refractivity contribution >= 4 is 27.6 Å². The summed E-state index contributed by atoms with van der Waals surface area (Å²) in [4.78, 5) is 22.4. The number of carbonyl (C=O) groups is 1. The quantitative estimate of drug-likeness (QED) is 0.315. The molecule has 0 saturated heterocycles. The van der Waals surface area contributed by atoms with Crippen LogP contribution in [0.1, 0.15) is 42.1 Å². The Hall–Kier alpha value is -2.21. The first-order valence-electron chi connectivity index (χ1n) is 7.18. The van der Waals surface area contributed by atoms with Gasteiger partial charge in [-0.05, 0) is 52.0 Å². The van der Waals surface area contributed by atoms with Crippen molar-refractivity contribution in [1.82, 2.24) is 0 Å². The fraction of sp³-hybridized carbons (Fsp3) is 0.235. The van der Waals surface area contributed by atoms with Crippen molar-refractivity contribution in [3.63, 3.8) is 0 Å². The van der Waals surface area contributed by atoms with Crippen molar-refractivity contribution in [2.75, 3.05) is 0 Å². The minimum atomic E-state index is -0.634. The highest BCUT2D eigenvalue weighted by molar-refractivity contribution is 9.10. The van der Waals surface area contributed by atoms with Crippen LogP contribution in [0.25, 0.3) is 0 Å². The van der Waals surface area contributed by atoms with Crippen LogP contribution < -0.4 is 4.74 Å². The molecule has 5 nitrogen and oxygen atoms in total. The van der Waals surface area contributed by atoms with Gasteiger partial charge >= 0.3 is 5.97 Å². The standard InChI is InChI=1S/C17H16BrNO4/c1-3-11(2)12-7-8-16(15(18)10-12)23-17(20)13-5-4-6-14(9-13)19(21)22/h4-11H,3H2,1-2H3. The Labute approximate surface area is 142 Å². The number of carbonyl (C=O) groups excluding carboxylic acids is 1. The first kappa shape index (κ1) is 17.1. The summed E-state index contributed by atoms with van der Waals surface area (Å²) in [5.41, 5.74) is 1.14. The molecule has 0 aliphatic heterocycles. The zero-order chi connectivity index (χ0) is 17.0. The van der Waals surface area contributed by atoms with Gasteiger partial charge in [-0.1, -0.05) is 26.0 Å². The van der Waals surface area contributed by atoms with Crippen molar-refractivity contribution in [2.24, 2.45) is 0 Å². The lowest BCUT2D eigenvalue weighted by Gasteiger charge is -2.12. The van der Waals surface area contributed by atoms with E-state index in [2.05, 4.69) is 29.8 Å². The van der Waals surface area contributed by atoms with E-state index in [9.17, 15) is 14.9 Å². The smallest absolute Gasteiger partial charge is 0.343 e. The Morgan fingerprint density at radius 2 is 2.04 bits per heavy atom. The molecule has 120 valence electrons. The van der Waals surface area contributed by atoms with E-state index in [1.54, 1.807) is 6.07 Å². The number of nitro benzene ring substituents is 1. The van der Waals surface area contributed by atoms with Crippen LogP contribution in [0.4, 0.5) is 5.69 Å². The van der Waals surface area contributed by atoms with Crippen LogP contribution in [0.15, 0.2) is 46.9 Å². The number of halogens is 1. The highest BCUT2D eigenvalue weighted by atomic mass is 79.9. The number of esters is 1. The van der Waals surface area contributed by atoms with Gasteiger partial charge in [0, 0.05) is 12.1 Å². The third-order valence-corrected chi connectivity index (χ3v) is 4.25. The molecule has 1 atom stereocenters. The lowest BCUT2D eigenvalue weighted by molar-refractivity contribution is -0.384. The summed E-state index contributed by atoms with van der Waals surface area (Å²) in [5, 5.41) is 10.8. The molecule has 0 N–H and O–H groups in total. The second-order valence-electron chi connectivity index (χ2n) is 5.20. The molecule has 0 aliphatic rings. The fourth-order valence-electron chi connectivity index (χ4n) is 2.05. The maximum atomic E-state index is 12.2. The lowest BCUT2D eigenvalue weighted by Crippen LogP contribution is -2.09. The first-order chi connectivity index (χ1) is 10.9. The van der Waals surface area contributed by atoms with Gasteiger partial charge in [0.25, 0.3) is 5.69 Å². The second-order valence-corrected chi connectivity index (χ2v) is 6.05. The maximum Gasteiger partial charge on any atom is 0.343 e. The number of hydrogen-bond donors (Lipinski definition) is 0. The van der Waals surface area contributed by atoms with Crippen molar-refractivity contribution in [2.45, 2.75) is 26.2 Å². The third kappa shape index (κ3) is 4.16. The van der Waals surface area contributed by atoms with Crippen LogP contribution in [0.5, 0.6) is 5.75 Å². The summed E-state index contributed by atoms with van der Waals surface area (Å²) in [5.74, 6) is 0.159. The van der Waals surface area contributed by atoms with Crippen molar-refractivity contribution in [3.8, 4) is 5.75 Å². The molecule has 0 heterocycles. The molecule has 0 radical (unpaired) electrons. The number of benzene rings is 2. The zero-order valence-electron chi connectivity index (χ0n) is 12.8. The number of non-ortho nitro benzene ring substituents is 1. The van der Waals surface area contributed by atoms with E-state index in [1.807, 2.05) is 12.1 Å². The summed E-state index contributed by atoms with van der Waals surface area (Å²) in [6.45, 7) is 4.23. The summed E-state index contributed by atoms with van der Waals surface area (Å²) in [6, 6.07) is 11.0. The summed E-state index contributed by atoms with van der Waals surface area (Å²) in [6.07, 6.45) is 1.01. The Bertz CT molecular complexity index is 745. The Kier molecular flexibility index (Phi) is 5.50. The summed E-state index contributed by atoms with van der Waals surface area (Å²) < 4.78 is 6.00. The molecule has 0 bridgehead atoms. The molecule has 2 aromatic rings. The zero-order valence-corrected chi connectivity index (χ0v) is 14.4. The van der Waals surface area contributed by atoms with Gasteiger partial charge in [-0.2, -0.15) is 0 Å². The van der Waals surface area contributed by atoms with Gasteiger partial charge in [-0.15, -0.1) is 0 Å². The van der Waals surface area contributed by atoms with E-state index in [0.29, 0.717) is 16.1 Å². The number of rotatable bonds is 5. The van der Waals surface area contributed by atoms with Crippen LogP contribution in [0, 0.1) is 10.1 Å². The lowest BCUT2D eigenvalue weighted by atomic mass is 9.99. The van der Waals surface area contributed by atoms with Crippen molar-refractivity contribution in [3.05, 3.63) is 68.2 Å². The third-order valence-electron chi connectivity index (χ3n) is 3.63. The molecule has 2 rings (SSSR count). The normalized spacial score (nSPS) is 11.8. The number of nitro groups is 1. The summed E-state index contributed by atoms with van der Waals surface area (Å²) in [7, 11) is 0.